The summed E-state index contributed by atoms with van der Waals surface area (Å²) in [7, 11) is 0. The van der Waals surface area contributed by atoms with Crippen molar-refractivity contribution >= 4 is 23.2 Å². The van der Waals surface area contributed by atoms with Crippen molar-refractivity contribution in [1.82, 2.24) is 9.80 Å². The Hall–Kier alpha value is -3.13. The molecule has 1 unspecified atom stereocenters. The molecule has 0 aliphatic carbocycles. The van der Waals surface area contributed by atoms with E-state index in [2.05, 4.69) is 6.07 Å². The Morgan fingerprint density at radius 3 is 2.53 bits per heavy atom. The third-order valence-corrected chi connectivity index (χ3v) is 7.40. The minimum Gasteiger partial charge on any atom is -0.330 e. The number of thiophene rings is 1. The van der Waals surface area contributed by atoms with E-state index in [-0.39, 0.29) is 36.5 Å². The Balaban J connectivity index is 1.64. The van der Waals surface area contributed by atoms with Gasteiger partial charge >= 0.3 is 6.18 Å². The first kappa shape index (κ1) is 25.9. The van der Waals surface area contributed by atoms with Crippen molar-refractivity contribution in [1.29, 1.82) is 0 Å². The molecule has 1 aromatic heterocycles. The maximum Gasteiger partial charge on any atom is 0.416 e. The predicted molar refractivity (Wildman–Crippen MR) is 135 cm³/mol. The summed E-state index contributed by atoms with van der Waals surface area (Å²) in [6, 6.07) is 14.1. The predicted octanol–water partition coefficient (Wildman–Crippen LogP) is 6.35. The normalized spacial score (nSPS) is 15.6. The Morgan fingerprint density at radius 1 is 1.08 bits per heavy atom. The van der Waals surface area contributed by atoms with Gasteiger partial charge in [-0.05, 0) is 65.6 Å². The minimum absolute atomic E-state index is 0.0320. The van der Waals surface area contributed by atoms with Gasteiger partial charge in [0.1, 0.15) is 6.54 Å². The summed E-state index contributed by atoms with van der Waals surface area (Å²) in [5, 5.41) is 2.03. The van der Waals surface area contributed by atoms with Gasteiger partial charge in [-0.1, -0.05) is 44.2 Å². The number of halogens is 3. The van der Waals surface area contributed by atoms with Gasteiger partial charge in [0.05, 0.1) is 11.6 Å². The Bertz CT molecular complexity index is 1250. The fourth-order valence-corrected chi connectivity index (χ4v) is 5.64. The second-order valence-electron chi connectivity index (χ2n) is 9.55. The van der Waals surface area contributed by atoms with Crippen LogP contribution in [0.1, 0.15) is 57.4 Å². The second kappa shape index (κ2) is 10.5. The van der Waals surface area contributed by atoms with Crippen molar-refractivity contribution in [2.75, 3.05) is 19.6 Å². The molecular formula is C28H29F3N2O2S. The molecule has 0 N–H and O–H groups in total. The van der Waals surface area contributed by atoms with Crippen LogP contribution >= 0.6 is 11.3 Å². The van der Waals surface area contributed by atoms with Crippen molar-refractivity contribution in [3.63, 3.8) is 0 Å². The van der Waals surface area contributed by atoms with Crippen molar-refractivity contribution in [2.45, 2.75) is 39.4 Å². The van der Waals surface area contributed by atoms with Crippen LogP contribution in [-0.2, 0) is 17.4 Å². The highest BCUT2D eigenvalue weighted by atomic mass is 32.1. The zero-order valence-electron chi connectivity index (χ0n) is 20.5. The summed E-state index contributed by atoms with van der Waals surface area (Å²) in [5.41, 5.74) is 2.23. The van der Waals surface area contributed by atoms with Crippen molar-refractivity contribution < 1.29 is 22.8 Å². The van der Waals surface area contributed by atoms with Crippen molar-refractivity contribution in [3.8, 4) is 0 Å². The molecule has 0 saturated carbocycles. The minimum atomic E-state index is -4.55. The number of hydrogen-bond donors (Lipinski definition) is 0. The largest absolute Gasteiger partial charge is 0.416 e. The molecule has 0 spiro atoms. The monoisotopic (exact) mass is 514 g/mol. The molecular weight excluding hydrogens is 485 g/mol. The van der Waals surface area contributed by atoms with Crippen LogP contribution in [0.15, 0.2) is 60.0 Å². The lowest BCUT2D eigenvalue weighted by molar-refractivity contribution is -0.137. The lowest BCUT2D eigenvalue weighted by Crippen LogP contribution is -2.47. The average molecular weight is 515 g/mol. The number of aryl methyl sites for hydroxylation is 1. The first-order valence-electron chi connectivity index (χ1n) is 11.9. The van der Waals surface area contributed by atoms with Crippen molar-refractivity contribution in [3.05, 3.63) is 92.7 Å². The molecule has 1 atom stereocenters. The van der Waals surface area contributed by atoms with Gasteiger partial charge in [-0.25, -0.2) is 0 Å². The van der Waals surface area contributed by atoms with Crippen LogP contribution in [0.5, 0.6) is 0 Å². The van der Waals surface area contributed by atoms with E-state index in [1.54, 1.807) is 11.3 Å². The molecule has 190 valence electrons. The van der Waals surface area contributed by atoms with Crippen LogP contribution < -0.4 is 0 Å². The van der Waals surface area contributed by atoms with Crippen LogP contribution in [0, 0.1) is 12.8 Å². The molecule has 1 aliphatic heterocycles. The number of carbonyl (C=O) groups is 2. The number of benzene rings is 2. The Kier molecular flexibility index (Phi) is 7.54. The molecule has 1 aliphatic rings. The first-order valence-corrected chi connectivity index (χ1v) is 12.8. The van der Waals surface area contributed by atoms with Gasteiger partial charge in [0.25, 0.3) is 5.91 Å². The average Bonchev–Trinajstić information content (AvgIpc) is 3.31. The number of carbonyl (C=O) groups excluding carboxylic acids is 2. The highest BCUT2D eigenvalue weighted by Crippen LogP contribution is 2.39. The topological polar surface area (TPSA) is 40.6 Å². The summed E-state index contributed by atoms with van der Waals surface area (Å²) in [4.78, 5) is 31.5. The maximum atomic E-state index is 13.7. The Morgan fingerprint density at radius 2 is 1.83 bits per heavy atom. The van der Waals surface area contributed by atoms with E-state index in [9.17, 15) is 22.8 Å². The molecule has 4 nitrogen and oxygen atoms in total. The van der Waals surface area contributed by atoms with Gasteiger partial charge in [-0.15, -0.1) is 11.3 Å². The zero-order valence-corrected chi connectivity index (χ0v) is 21.3. The van der Waals surface area contributed by atoms with E-state index >= 15 is 0 Å². The summed E-state index contributed by atoms with van der Waals surface area (Å²) < 4.78 is 39.7. The third-order valence-electron chi connectivity index (χ3n) is 6.41. The second-order valence-corrected chi connectivity index (χ2v) is 10.6. The van der Waals surface area contributed by atoms with Crippen molar-refractivity contribution in [2.24, 2.45) is 5.92 Å². The van der Waals surface area contributed by atoms with E-state index < -0.39 is 17.6 Å². The van der Waals surface area contributed by atoms with Crippen LogP contribution in [-0.4, -0.2) is 41.2 Å². The molecule has 4 rings (SSSR count). The highest BCUT2D eigenvalue weighted by Gasteiger charge is 2.35. The van der Waals surface area contributed by atoms with Gasteiger partial charge < -0.3 is 9.80 Å². The molecule has 0 bridgehead atoms. The van der Waals surface area contributed by atoms with Crippen LogP contribution in [0.3, 0.4) is 0 Å². The van der Waals surface area contributed by atoms with E-state index in [4.69, 9.17) is 0 Å². The standard InChI is InChI=1S/C28H29F3N2O2S/c1-18(2)16-32(27(35)20-8-6-9-21(15-20)28(29,30)31)17-25(34)33-13-11-24-23(12-14-36-24)26(33)22-10-5-4-7-19(22)3/h4-10,12,14-15,18,26H,11,13,16-17H2,1-3H3. The smallest absolute Gasteiger partial charge is 0.330 e. The number of amides is 2. The van der Waals surface area contributed by atoms with E-state index in [1.165, 1.54) is 21.9 Å². The molecule has 8 heteroatoms. The number of hydrogen-bond acceptors (Lipinski definition) is 3. The third kappa shape index (κ3) is 5.48. The van der Waals surface area contributed by atoms with Gasteiger partial charge in [0, 0.05) is 23.5 Å². The van der Waals surface area contributed by atoms with E-state index in [1.807, 2.05) is 55.3 Å². The SMILES string of the molecule is Cc1ccccc1C1c2ccsc2CCN1C(=O)CN(CC(C)C)C(=O)c1cccc(C(F)(F)F)c1. The molecule has 0 radical (unpaired) electrons. The maximum absolute atomic E-state index is 13.7. The molecule has 0 fully saturated rings. The summed E-state index contributed by atoms with van der Waals surface area (Å²) >= 11 is 1.68. The molecule has 3 aromatic rings. The molecule has 2 aromatic carbocycles. The van der Waals surface area contributed by atoms with Gasteiger partial charge in [-0.2, -0.15) is 13.2 Å². The Labute approximate surface area is 213 Å². The molecule has 0 saturated heterocycles. The molecule has 36 heavy (non-hydrogen) atoms. The zero-order chi connectivity index (χ0) is 26.0. The first-order chi connectivity index (χ1) is 17.1. The summed E-state index contributed by atoms with van der Waals surface area (Å²) in [6.45, 7) is 6.40. The fourth-order valence-electron chi connectivity index (χ4n) is 4.74. The lowest BCUT2D eigenvalue weighted by Gasteiger charge is -2.38. The molecule has 2 heterocycles. The number of alkyl halides is 3. The summed E-state index contributed by atoms with van der Waals surface area (Å²) in [6.07, 6.45) is -3.82. The number of nitrogens with zero attached hydrogens (tertiary/aromatic N) is 2. The van der Waals surface area contributed by atoms with Crippen LogP contribution in [0.4, 0.5) is 13.2 Å². The van der Waals surface area contributed by atoms with Gasteiger partial charge in [0.2, 0.25) is 5.91 Å². The van der Waals surface area contributed by atoms with E-state index in [0.29, 0.717) is 6.54 Å². The van der Waals surface area contributed by atoms with Crippen LogP contribution in [0.2, 0.25) is 0 Å². The molecule has 2 amide bonds. The lowest BCUT2D eigenvalue weighted by atomic mass is 9.90. The number of fused-ring (bicyclic) bond motifs is 1. The van der Waals surface area contributed by atoms with Gasteiger partial charge in [-0.3, -0.25) is 9.59 Å². The summed E-state index contributed by atoms with van der Waals surface area (Å²) in [5.74, 6) is -0.769. The number of rotatable bonds is 6. The van der Waals surface area contributed by atoms with Crippen LogP contribution in [0.25, 0.3) is 0 Å². The van der Waals surface area contributed by atoms with Gasteiger partial charge in [0.15, 0.2) is 0 Å². The van der Waals surface area contributed by atoms with E-state index in [0.717, 1.165) is 35.2 Å². The highest BCUT2D eigenvalue weighted by molar-refractivity contribution is 7.10. The fraction of sp³-hybridized carbons (Fsp3) is 0.357. The quantitative estimate of drug-likeness (QED) is 0.385.